The molecular weight excluding hydrogens is 380 g/mol. The molecule has 0 spiro atoms. The van der Waals surface area contributed by atoms with E-state index >= 15 is 0 Å². The molecule has 0 aromatic heterocycles. The highest BCUT2D eigenvalue weighted by Gasteiger charge is 2.15. The molecule has 0 saturated carbocycles. The Labute approximate surface area is 158 Å². The van der Waals surface area contributed by atoms with Crippen LogP contribution in [0.4, 0.5) is 0 Å². The second-order valence-corrected chi connectivity index (χ2v) is 7.05. The number of carbonyl (C=O) groups excluding carboxylic acids is 1. The fourth-order valence-electron chi connectivity index (χ4n) is 2.36. The Bertz CT molecular complexity index is 625. The normalized spacial score (nSPS) is 11.8. The number of unbranched alkanes of at least 4 members (excludes halogenated alkanes) is 1. The van der Waals surface area contributed by atoms with Gasteiger partial charge < -0.3 is 9.47 Å². The first-order valence-corrected chi connectivity index (χ1v) is 9.73. The number of halogens is 1. The van der Waals surface area contributed by atoms with Crippen LogP contribution in [-0.2, 0) is 16.0 Å². The molecule has 1 unspecified atom stereocenters. The van der Waals surface area contributed by atoms with Crippen molar-refractivity contribution in [2.45, 2.75) is 43.9 Å². The molecular formula is C21H25BrO3. The van der Waals surface area contributed by atoms with Crippen molar-refractivity contribution >= 4 is 21.9 Å². The molecule has 0 bridgehead atoms. The summed E-state index contributed by atoms with van der Waals surface area (Å²) in [4.78, 5) is 11.6. The fraction of sp³-hybridized carbons (Fsp3) is 0.381. The van der Waals surface area contributed by atoms with Crippen LogP contribution < -0.4 is 4.74 Å². The van der Waals surface area contributed by atoms with Crippen molar-refractivity contribution in [3.63, 3.8) is 0 Å². The molecule has 2 aromatic rings. The number of alkyl halides is 1. The first-order chi connectivity index (χ1) is 12.2. The summed E-state index contributed by atoms with van der Waals surface area (Å²) < 4.78 is 11.0. The fourth-order valence-corrected chi connectivity index (χ4v) is 2.82. The Kier molecular flexibility index (Phi) is 8.53. The van der Waals surface area contributed by atoms with Gasteiger partial charge in [-0.2, -0.15) is 0 Å². The largest absolute Gasteiger partial charge is 0.465 e. The minimum absolute atomic E-state index is 0.153. The van der Waals surface area contributed by atoms with E-state index in [0.29, 0.717) is 6.61 Å². The van der Waals surface area contributed by atoms with Crippen LogP contribution in [0.2, 0.25) is 0 Å². The SMILES string of the molecule is CCCCOC(=O)C(Br)CCCc1ccc(Oc2ccccc2)cc1. The van der Waals surface area contributed by atoms with E-state index in [1.807, 2.05) is 42.5 Å². The Morgan fingerprint density at radius 2 is 1.68 bits per heavy atom. The molecule has 0 N–H and O–H groups in total. The van der Waals surface area contributed by atoms with E-state index in [4.69, 9.17) is 9.47 Å². The Morgan fingerprint density at radius 3 is 2.36 bits per heavy atom. The number of benzene rings is 2. The van der Waals surface area contributed by atoms with Gasteiger partial charge in [0, 0.05) is 0 Å². The molecule has 4 heteroatoms. The van der Waals surface area contributed by atoms with Crippen LogP contribution in [0.3, 0.4) is 0 Å². The van der Waals surface area contributed by atoms with Crippen molar-refractivity contribution in [3.8, 4) is 11.5 Å². The predicted octanol–water partition coefficient (Wildman–Crippen LogP) is 5.91. The quantitative estimate of drug-likeness (QED) is 0.280. The molecule has 0 aliphatic heterocycles. The van der Waals surface area contributed by atoms with Crippen LogP contribution in [0.1, 0.15) is 38.2 Å². The first-order valence-electron chi connectivity index (χ1n) is 8.81. The summed E-state index contributed by atoms with van der Waals surface area (Å²) in [6.07, 6.45) is 4.58. The molecule has 2 rings (SSSR count). The second-order valence-electron chi connectivity index (χ2n) is 5.94. The molecule has 0 amide bonds. The Balaban J connectivity index is 1.71. The molecule has 1 atom stereocenters. The smallest absolute Gasteiger partial charge is 0.319 e. The number of esters is 1. The maximum absolute atomic E-state index is 11.8. The summed E-state index contributed by atoms with van der Waals surface area (Å²) in [6, 6.07) is 17.8. The van der Waals surface area contributed by atoms with Crippen LogP contribution in [0, 0.1) is 0 Å². The van der Waals surface area contributed by atoms with Gasteiger partial charge in [0.05, 0.1) is 6.61 Å². The lowest BCUT2D eigenvalue weighted by Crippen LogP contribution is -2.18. The lowest BCUT2D eigenvalue weighted by atomic mass is 10.1. The topological polar surface area (TPSA) is 35.5 Å². The van der Waals surface area contributed by atoms with Gasteiger partial charge in [0.1, 0.15) is 16.3 Å². The summed E-state index contributed by atoms with van der Waals surface area (Å²) in [5, 5.41) is 0. The third kappa shape index (κ3) is 7.30. The number of para-hydroxylation sites is 1. The molecule has 134 valence electrons. The van der Waals surface area contributed by atoms with Crippen LogP contribution in [0.5, 0.6) is 11.5 Å². The maximum Gasteiger partial charge on any atom is 0.319 e. The number of aryl methyl sites for hydroxylation is 1. The molecule has 3 nitrogen and oxygen atoms in total. The number of rotatable bonds is 10. The van der Waals surface area contributed by atoms with Gasteiger partial charge in [-0.05, 0) is 55.5 Å². The zero-order valence-corrected chi connectivity index (χ0v) is 16.2. The second kappa shape index (κ2) is 10.9. The van der Waals surface area contributed by atoms with Crippen molar-refractivity contribution in [3.05, 3.63) is 60.2 Å². The van der Waals surface area contributed by atoms with Crippen LogP contribution in [0.25, 0.3) is 0 Å². The van der Waals surface area contributed by atoms with Gasteiger partial charge >= 0.3 is 5.97 Å². The minimum Gasteiger partial charge on any atom is -0.465 e. The summed E-state index contributed by atoms with van der Waals surface area (Å²) >= 11 is 3.42. The van der Waals surface area contributed by atoms with Gasteiger partial charge in [-0.1, -0.05) is 59.6 Å². The van der Waals surface area contributed by atoms with E-state index in [-0.39, 0.29) is 10.8 Å². The molecule has 0 heterocycles. The van der Waals surface area contributed by atoms with Crippen molar-refractivity contribution in [1.82, 2.24) is 0 Å². The number of ether oxygens (including phenoxy) is 2. The molecule has 0 aliphatic rings. The predicted molar refractivity (Wildman–Crippen MR) is 104 cm³/mol. The van der Waals surface area contributed by atoms with Gasteiger partial charge in [-0.25, -0.2) is 0 Å². The van der Waals surface area contributed by atoms with Gasteiger partial charge in [0.25, 0.3) is 0 Å². The van der Waals surface area contributed by atoms with Crippen molar-refractivity contribution in [1.29, 1.82) is 0 Å². The van der Waals surface area contributed by atoms with E-state index in [9.17, 15) is 4.79 Å². The average molecular weight is 405 g/mol. The van der Waals surface area contributed by atoms with E-state index in [0.717, 1.165) is 43.6 Å². The first kappa shape index (κ1) is 19.5. The van der Waals surface area contributed by atoms with Crippen LogP contribution >= 0.6 is 15.9 Å². The number of hydrogen-bond acceptors (Lipinski definition) is 3. The number of hydrogen-bond donors (Lipinski definition) is 0. The zero-order valence-electron chi connectivity index (χ0n) is 14.6. The number of carbonyl (C=O) groups is 1. The molecule has 25 heavy (non-hydrogen) atoms. The van der Waals surface area contributed by atoms with E-state index < -0.39 is 0 Å². The van der Waals surface area contributed by atoms with Gasteiger partial charge in [-0.3, -0.25) is 4.79 Å². The van der Waals surface area contributed by atoms with Gasteiger partial charge in [-0.15, -0.1) is 0 Å². The highest BCUT2D eigenvalue weighted by atomic mass is 79.9. The summed E-state index contributed by atoms with van der Waals surface area (Å²) in [6.45, 7) is 2.59. The summed E-state index contributed by atoms with van der Waals surface area (Å²) in [5.41, 5.74) is 1.24. The van der Waals surface area contributed by atoms with Crippen molar-refractivity contribution < 1.29 is 14.3 Å². The highest BCUT2D eigenvalue weighted by Crippen LogP contribution is 2.22. The lowest BCUT2D eigenvalue weighted by Gasteiger charge is -2.10. The Hall–Kier alpha value is -1.81. The average Bonchev–Trinajstić information content (AvgIpc) is 2.64. The summed E-state index contributed by atoms with van der Waals surface area (Å²) in [5.74, 6) is 1.51. The maximum atomic E-state index is 11.8. The highest BCUT2D eigenvalue weighted by molar-refractivity contribution is 9.10. The minimum atomic E-state index is -0.218. The molecule has 0 saturated heterocycles. The van der Waals surface area contributed by atoms with Crippen LogP contribution in [-0.4, -0.2) is 17.4 Å². The van der Waals surface area contributed by atoms with Crippen LogP contribution in [0.15, 0.2) is 54.6 Å². The van der Waals surface area contributed by atoms with Crippen molar-refractivity contribution in [2.24, 2.45) is 0 Å². The van der Waals surface area contributed by atoms with Gasteiger partial charge in [0.15, 0.2) is 0 Å². The lowest BCUT2D eigenvalue weighted by molar-refractivity contribution is -0.143. The molecule has 0 aliphatic carbocycles. The van der Waals surface area contributed by atoms with Gasteiger partial charge in [0.2, 0.25) is 0 Å². The Morgan fingerprint density at radius 1 is 1.00 bits per heavy atom. The van der Waals surface area contributed by atoms with Crippen molar-refractivity contribution in [2.75, 3.05) is 6.61 Å². The van der Waals surface area contributed by atoms with E-state index in [1.165, 1.54) is 5.56 Å². The summed E-state index contributed by atoms with van der Waals surface area (Å²) in [7, 11) is 0. The molecule has 0 fully saturated rings. The molecule has 2 aromatic carbocycles. The van der Waals surface area contributed by atoms with E-state index in [1.54, 1.807) is 0 Å². The van der Waals surface area contributed by atoms with E-state index in [2.05, 4.69) is 35.0 Å². The molecule has 0 radical (unpaired) electrons. The zero-order chi connectivity index (χ0) is 17.9. The third-order valence-corrected chi connectivity index (χ3v) is 4.65. The monoisotopic (exact) mass is 404 g/mol. The third-order valence-electron chi connectivity index (χ3n) is 3.82. The standard InChI is InChI=1S/C21H25BrO3/c1-2-3-16-24-21(23)20(22)11-7-8-17-12-14-19(15-13-17)25-18-9-5-4-6-10-18/h4-6,9-10,12-15,20H,2-3,7-8,11,16H2,1H3.